The Bertz CT molecular complexity index is 408. The van der Waals surface area contributed by atoms with E-state index in [4.69, 9.17) is 27.4 Å². The maximum Gasteiger partial charge on any atom is 0.325 e. The summed E-state index contributed by atoms with van der Waals surface area (Å²) in [6, 6.07) is 0. The Morgan fingerprint density at radius 3 is 2.48 bits per heavy atom. The molecule has 21 heavy (non-hydrogen) atoms. The fraction of sp³-hybridized carbons (Fsp3) is 0.786. The Hall–Kier alpha value is -1.21. The second-order valence-corrected chi connectivity index (χ2v) is 5.92. The lowest BCUT2D eigenvalue weighted by molar-refractivity contribution is -0.154. The highest BCUT2D eigenvalue weighted by atomic mass is 32.1. The zero-order valence-corrected chi connectivity index (χ0v) is 13.7. The minimum Gasteiger partial charge on any atom is -0.465 e. The third-order valence-electron chi connectivity index (χ3n) is 3.75. The van der Waals surface area contributed by atoms with Gasteiger partial charge in [0.15, 0.2) is 0 Å². The first-order chi connectivity index (χ1) is 9.87. The topological polar surface area (TPSA) is 81.9 Å². The minimum atomic E-state index is -0.811. The van der Waals surface area contributed by atoms with Gasteiger partial charge in [0, 0.05) is 13.7 Å². The summed E-state index contributed by atoms with van der Waals surface area (Å²) in [5, 5.41) is 0. The fourth-order valence-electron chi connectivity index (χ4n) is 2.73. The summed E-state index contributed by atoms with van der Waals surface area (Å²) in [6.07, 6.45) is 1.26. The van der Waals surface area contributed by atoms with Crippen LogP contribution in [0.5, 0.6) is 0 Å². The van der Waals surface area contributed by atoms with Crippen molar-refractivity contribution in [3.63, 3.8) is 0 Å². The van der Waals surface area contributed by atoms with Gasteiger partial charge < -0.3 is 20.1 Å². The molecule has 0 aliphatic heterocycles. The van der Waals surface area contributed by atoms with E-state index in [2.05, 4.69) is 6.92 Å². The third-order valence-corrected chi connectivity index (χ3v) is 4.14. The first-order valence-corrected chi connectivity index (χ1v) is 7.52. The zero-order chi connectivity index (χ0) is 16.0. The lowest BCUT2D eigenvalue weighted by Gasteiger charge is -2.46. The molecule has 0 heterocycles. The first kappa shape index (κ1) is 17.8. The number of carbonyl (C=O) groups is 2. The molecule has 1 aliphatic carbocycles. The van der Waals surface area contributed by atoms with Crippen molar-refractivity contribution in [1.82, 2.24) is 4.90 Å². The van der Waals surface area contributed by atoms with Crippen LogP contribution in [0.2, 0.25) is 0 Å². The molecule has 0 radical (unpaired) electrons. The molecule has 1 aliphatic rings. The van der Waals surface area contributed by atoms with Crippen molar-refractivity contribution in [1.29, 1.82) is 0 Å². The van der Waals surface area contributed by atoms with Gasteiger partial charge in [-0.25, -0.2) is 0 Å². The number of nitrogens with two attached hydrogens (primary N) is 1. The monoisotopic (exact) mass is 316 g/mol. The number of hydrogen-bond donors (Lipinski definition) is 1. The smallest absolute Gasteiger partial charge is 0.325 e. The van der Waals surface area contributed by atoms with Gasteiger partial charge in [-0.2, -0.15) is 0 Å². The molecule has 0 aromatic heterocycles. The molecule has 0 aromatic carbocycles. The number of thiocarbonyl (C=S) groups is 1. The molecule has 0 bridgehead atoms. The molecule has 0 atom stereocenters. The molecule has 0 spiro atoms. The van der Waals surface area contributed by atoms with E-state index >= 15 is 0 Å². The normalized spacial score (nSPS) is 24.0. The summed E-state index contributed by atoms with van der Waals surface area (Å²) in [4.78, 5) is 26.1. The molecular weight excluding hydrogens is 292 g/mol. The Labute approximate surface area is 130 Å². The SMILES string of the molecule is CCOC(=O)CN(CCOC)C(=O)C1(C(N)=S)CC(C)C1. The lowest BCUT2D eigenvalue weighted by Crippen LogP contribution is -2.58. The standard InChI is InChI=1S/C14H24N2O4S/c1-4-20-11(17)9-16(5-6-19-3)13(18)14(12(15)21)7-10(2)8-14/h10H,4-9H2,1-3H3,(H2,15,21). The fourth-order valence-corrected chi connectivity index (χ4v) is 2.98. The number of ether oxygens (including phenoxy) is 2. The van der Waals surface area contributed by atoms with Crippen molar-refractivity contribution >= 4 is 29.1 Å². The van der Waals surface area contributed by atoms with E-state index < -0.39 is 11.4 Å². The van der Waals surface area contributed by atoms with Crippen LogP contribution in [0, 0.1) is 11.3 Å². The summed E-state index contributed by atoms with van der Waals surface area (Å²) in [5.74, 6) is -0.229. The highest BCUT2D eigenvalue weighted by Crippen LogP contribution is 2.47. The van der Waals surface area contributed by atoms with Gasteiger partial charge in [-0.1, -0.05) is 19.1 Å². The van der Waals surface area contributed by atoms with Crippen LogP contribution in [0.3, 0.4) is 0 Å². The van der Waals surface area contributed by atoms with Crippen LogP contribution in [0.15, 0.2) is 0 Å². The van der Waals surface area contributed by atoms with Gasteiger partial charge in [-0.3, -0.25) is 9.59 Å². The van der Waals surface area contributed by atoms with Crippen molar-refractivity contribution < 1.29 is 19.1 Å². The van der Waals surface area contributed by atoms with E-state index in [1.54, 1.807) is 14.0 Å². The van der Waals surface area contributed by atoms with E-state index in [0.29, 0.717) is 31.9 Å². The van der Waals surface area contributed by atoms with Crippen LogP contribution in [-0.4, -0.2) is 55.2 Å². The van der Waals surface area contributed by atoms with E-state index in [0.717, 1.165) is 0 Å². The average Bonchev–Trinajstić information content (AvgIpc) is 2.38. The van der Waals surface area contributed by atoms with Gasteiger partial charge in [0.25, 0.3) is 0 Å². The molecule has 0 unspecified atom stereocenters. The molecule has 1 saturated carbocycles. The Balaban J connectivity index is 2.83. The average molecular weight is 316 g/mol. The molecule has 1 amide bonds. The summed E-state index contributed by atoms with van der Waals surface area (Å²) in [7, 11) is 1.54. The minimum absolute atomic E-state index is 0.102. The summed E-state index contributed by atoms with van der Waals surface area (Å²) in [6.45, 7) is 4.61. The Morgan fingerprint density at radius 1 is 1.43 bits per heavy atom. The molecular formula is C14H24N2O4S. The van der Waals surface area contributed by atoms with Gasteiger partial charge in [0.2, 0.25) is 5.91 Å². The van der Waals surface area contributed by atoms with Gasteiger partial charge in [0.05, 0.1) is 23.6 Å². The number of nitrogens with zero attached hydrogens (tertiary/aromatic N) is 1. The van der Waals surface area contributed by atoms with Crippen LogP contribution in [0.1, 0.15) is 26.7 Å². The molecule has 6 nitrogen and oxygen atoms in total. The van der Waals surface area contributed by atoms with Gasteiger partial charge >= 0.3 is 5.97 Å². The maximum absolute atomic E-state index is 12.8. The number of hydrogen-bond acceptors (Lipinski definition) is 5. The van der Waals surface area contributed by atoms with Crippen LogP contribution >= 0.6 is 12.2 Å². The van der Waals surface area contributed by atoms with Crippen molar-refractivity contribution in [2.24, 2.45) is 17.1 Å². The summed E-state index contributed by atoms with van der Waals surface area (Å²) >= 11 is 5.09. The number of esters is 1. The van der Waals surface area contributed by atoms with E-state index in [9.17, 15) is 9.59 Å². The predicted octanol–water partition coefficient (Wildman–Crippen LogP) is 0.727. The third kappa shape index (κ3) is 4.14. The van der Waals surface area contributed by atoms with Crippen LogP contribution in [-0.2, 0) is 19.1 Å². The van der Waals surface area contributed by atoms with Gasteiger partial charge in [-0.15, -0.1) is 0 Å². The molecule has 0 aromatic rings. The highest BCUT2D eigenvalue weighted by Gasteiger charge is 2.52. The zero-order valence-electron chi connectivity index (χ0n) is 12.9. The van der Waals surface area contributed by atoms with Crippen molar-refractivity contribution in [3.8, 4) is 0 Å². The predicted molar refractivity (Wildman–Crippen MR) is 82.7 cm³/mol. The molecule has 7 heteroatoms. The van der Waals surface area contributed by atoms with Crippen LogP contribution in [0.25, 0.3) is 0 Å². The number of carbonyl (C=O) groups excluding carboxylic acids is 2. The van der Waals surface area contributed by atoms with Crippen LogP contribution in [0.4, 0.5) is 0 Å². The van der Waals surface area contributed by atoms with Crippen molar-refractivity contribution in [2.75, 3.05) is 33.4 Å². The van der Waals surface area contributed by atoms with Crippen LogP contribution < -0.4 is 5.73 Å². The molecule has 0 saturated heterocycles. The quantitative estimate of drug-likeness (QED) is 0.525. The molecule has 2 N–H and O–H groups in total. The van der Waals surface area contributed by atoms with Crippen molar-refractivity contribution in [3.05, 3.63) is 0 Å². The highest BCUT2D eigenvalue weighted by molar-refractivity contribution is 7.80. The van der Waals surface area contributed by atoms with E-state index in [-0.39, 0.29) is 24.0 Å². The number of methoxy groups -OCH3 is 1. The molecule has 1 fully saturated rings. The van der Waals surface area contributed by atoms with Gasteiger partial charge in [0.1, 0.15) is 6.54 Å². The largest absolute Gasteiger partial charge is 0.465 e. The molecule has 120 valence electrons. The maximum atomic E-state index is 12.8. The summed E-state index contributed by atoms with van der Waals surface area (Å²) < 4.78 is 9.91. The number of rotatable bonds is 8. The Morgan fingerprint density at radius 2 is 2.05 bits per heavy atom. The lowest BCUT2D eigenvalue weighted by atomic mass is 9.61. The number of amides is 1. The van der Waals surface area contributed by atoms with Gasteiger partial charge in [-0.05, 0) is 25.7 Å². The first-order valence-electron chi connectivity index (χ1n) is 7.11. The molecule has 1 rings (SSSR count). The second-order valence-electron chi connectivity index (χ2n) is 5.48. The van der Waals surface area contributed by atoms with E-state index in [1.165, 1.54) is 4.90 Å². The van der Waals surface area contributed by atoms with Crippen molar-refractivity contribution in [2.45, 2.75) is 26.7 Å². The summed E-state index contributed by atoms with van der Waals surface area (Å²) in [5.41, 5.74) is 4.98. The Kier molecular flexibility index (Phi) is 6.54. The van der Waals surface area contributed by atoms with E-state index in [1.807, 2.05) is 0 Å². The second kappa shape index (κ2) is 7.70.